The van der Waals surface area contributed by atoms with Gasteiger partial charge in [-0.05, 0) is 18.2 Å². The Bertz CT molecular complexity index is 149. The molecular formula is C11H21NS. The second-order valence-corrected chi connectivity index (χ2v) is 5.05. The summed E-state index contributed by atoms with van der Waals surface area (Å²) in [4.78, 5) is 0. The third kappa shape index (κ3) is 8.21. The minimum absolute atomic E-state index is 0.498. The summed E-state index contributed by atoms with van der Waals surface area (Å²) in [6.07, 6.45) is 7.33. The van der Waals surface area contributed by atoms with Crippen molar-refractivity contribution in [1.29, 1.82) is 0 Å². The number of nitrogens with one attached hydrogen (secondary N) is 1. The van der Waals surface area contributed by atoms with E-state index in [0.717, 1.165) is 18.7 Å². The van der Waals surface area contributed by atoms with E-state index in [0.29, 0.717) is 11.3 Å². The molecule has 1 N–H and O–H groups in total. The highest BCUT2D eigenvalue weighted by atomic mass is 32.2. The summed E-state index contributed by atoms with van der Waals surface area (Å²) in [6, 6.07) is 0.498. The Morgan fingerprint density at radius 2 is 2.15 bits per heavy atom. The Balaban J connectivity index is 3.61. The Kier molecular flexibility index (Phi) is 8.38. The molecule has 76 valence electrons. The van der Waals surface area contributed by atoms with Crippen LogP contribution in [-0.2, 0) is 0 Å². The van der Waals surface area contributed by atoms with Crippen molar-refractivity contribution >= 4 is 11.8 Å². The smallest absolute Gasteiger partial charge is 0.0267 e. The van der Waals surface area contributed by atoms with Gasteiger partial charge < -0.3 is 5.32 Å². The lowest BCUT2D eigenvalue weighted by Crippen LogP contribution is -2.32. The summed E-state index contributed by atoms with van der Waals surface area (Å²) in [6.45, 7) is 7.69. The highest BCUT2D eigenvalue weighted by Crippen LogP contribution is 2.11. The zero-order valence-corrected chi connectivity index (χ0v) is 9.79. The molecule has 0 aliphatic heterocycles. The molecule has 0 amide bonds. The van der Waals surface area contributed by atoms with Crippen molar-refractivity contribution in [2.75, 3.05) is 12.3 Å². The maximum absolute atomic E-state index is 5.31. The zero-order valence-electron chi connectivity index (χ0n) is 8.97. The molecule has 0 aromatic carbocycles. The molecule has 0 saturated heterocycles. The predicted octanol–water partition coefficient (Wildman–Crippen LogP) is 2.52. The Morgan fingerprint density at radius 1 is 1.46 bits per heavy atom. The normalized spacial score (nSPS) is 12.8. The molecule has 0 aliphatic rings. The van der Waals surface area contributed by atoms with Gasteiger partial charge in [-0.2, -0.15) is 11.8 Å². The van der Waals surface area contributed by atoms with Gasteiger partial charge in [-0.25, -0.2) is 0 Å². The van der Waals surface area contributed by atoms with Crippen molar-refractivity contribution < 1.29 is 0 Å². The lowest BCUT2D eigenvalue weighted by atomic mass is 10.2. The number of hydrogen-bond acceptors (Lipinski definition) is 2. The molecule has 2 heteroatoms. The Labute approximate surface area is 87.1 Å². The van der Waals surface area contributed by atoms with Crippen LogP contribution in [0.1, 0.15) is 33.6 Å². The lowest BCUT2D eigenvalue weighted by molar-refractivity contribution is 0.563. The molecule has 1 unspecified atom stereocenters. The van der Waals surface area contributed by atoms with E-state index in [1.54, 1.807) is 0 Å². The van der Waals surface area contributed by atoms with Crippen LogP contribution in [0, 0.1) is 12.3 Å². The maximum atomic E-state index is 5.31. The minimum Gasteiger partial charge on any atom is -0.312 e. The molecule has 0 aromatic heterocycles. The van der Waals surface area contributed by atoms with Crippen molar-refractivity contribution in [3.8, 4) is 12.3 Å². The van der Waals surface area contributed by atoms with Crippen LogP contribution in [0.5, 0.6) is 0 Å². The van der Waals surface area contributed by atoms with Crippen LogP contribution in [0.3, 0.4) is 0 Å². The van der Waals surface area contributed by atoms with Crippen LogP contribution < -0.4 is 5.32 Å². The van der Waals surface area contributed by atoms with E-state index < -0.39 is 0 Å². The second-order valence-electron chi connectivity index (χ2n) is 3.44. The summed E-state index contributed by atoms with van der Waals surface area (Å²) in [7, 11) is 0. The molecule has 0 rings (SSSR count). The van der Waals surface area contributed by atoms with E-state index in [4.69, 9.17) is 6.42 Å². The summed E-state index contributed by atoms with van der Waals surface area (Å²) in [5, 5.41) is 4.16. The van der Waals surface area contributed by atoms with Gasteiger partial charge in [0.25, 0.3) is 0 Å². The summed E-state index contributed by atoms with van der Waals surface area (Å²) < 4.78 is 0. The van der Waals surface area contributed by atoms with Crippen molar-refractivity contribution in [3.63, 3.8) is 0 Å². The molecule has 13 heavy (non-hydrogen) atoms. The fourth-order valence-corrected chi connectivity index (χ4v) is 1.84. The van der Waals surface area contributed by atoms with E-state index in [-0.39, 0.29) is 0 Å². The molecule has 0 fully saturated rings. The average molecular weight is 199 g/mol. The maximum Gasteiger partial charge on any atom is 0.0267 e. The lowest BCUT2D eigenvalue weighted by Gasteiger charge is -2.16. The molecular weight excluding hydrogens is 178 g/mol. The van der Waals surface area contributed by atoms with Crippen molar-refractivity contribution in [3.05, 3.63) is 0 Å². The van der Waals surface area contributed by atoms with Crippen LogP contribution in [0.25, 0.3) is 0 Å². The SMILES string of the molecule is C#CCC(CSC(C)C)NCCC. The topological polar surface area (TPSA) is 12.0 Å². The first kappa shape index (κ1) is 12.9. The van der Waals surface area contributed by atoms with Crippen molar-refractivity contribution in [2.24, 2.45) is 0 Å². The van der Waals surface area contributed by atoms with E-state index >= 15 is 0 Å². The van der Waals surface area contributed by atoms with E-state index in [2.05, 4.69) is 32.0 Å². The summed E-state index contributed by atoms with van der Waals surface area (Å²) in [5.74, 6) is 3.85. The summed E-state index contributed by atoms with van der Waals surface area (Å²) in [5.41, 5.74) is 0. The monoisotopic (exact) mass is 199 g/mol. The highest BCUT2D eigenvalue weighted by molar-refractivity contribution is 7.99. The number of hydrogen-bond donors (Lipinski definition) is 1. The van der Waals surface area contributed by atoms with E-state index in [1.165, 1.54) is 6.42 Å². The fraction of sp³-hybridized carbons (Fsp3) is 0.818. The number of thioether (sulfide) groups is 1. The van der Waals surface area contributed by atoms with Crippen LogP contribution in [0.2, 0.25) is 0 Å². The van der Waals surface area contributed by atoms with Crippen LogP contribution >= 0.6 is 11.8 Å². The van der Waals surface area contributed by atoms with Gasteiger partial charge in [-0.3, -0.25) is 0 Å². The number of terminal acetylenes is 1. The molecule has 0 heterocycles. The van der Waals surface area contributed by atoms with Crippen LogP contribution in [0.15, 0.2) is 0 Å². The second kappa shape index (κ2) is 8.47. The Morgan fingerprint density at radius 3 is 2.62 bits per heavy atom. The fourth-order valence-electron chi connectivity index (χ4n) is 0.989. The van der Waals surface area contributed by atoms with Gasteiger partial charge in [-0.15, -0.1) is 12.3 Å². The molecule has 1 nitrogen and oxygen atoms in total. The molecule has 0 radical (unpaired) electrons. The first-order valence-electron chi connectivity index (χ1n) is 4.99. The van der Waals surface area contributed by atoms with Gasteiger partial charge in [0, 0.05) is 18.2 Å². The third-order valence-electron chi connectivity index (χ3n) is 1.68. The zero-order chi connectivity index (χ0) is 10.1. The highest BCUT2D eigenvalue weighted by Gasteiger charge is 2.06. The van der Waals surface area contributed by atoms with Crippen LogP contribution in [-0.4, -0.2) is 23.6 Å². The van der Waals surface area contributed by atoms with Crippen LogP contribution in [0.4, 0.5) is 0 Å². The van der Waals surface area contributed by atoms with Gasteiger partial charge >= 0.3 is 0 Å². The quantitative estimate of drug-likeness (QED) is 0.632. The van der Waals surface area contributed by atoms with E-state index in [1.807, 2.05) is 11.8 Å². The Hall–Kier alpha value is -0.130. The van der Waals surface area contributed by atoms with Gasteiger partial charge in [0.2, 0.25) is 0 Å². The van der Waals surface area contributed by atoms with E-state index in [9.17, 15) is 0 Å². The van der Waals surface area contributed by atoms with Gasteiger partial charge in [0.05, 0.1) is 0 Å². The predicted molar refractivity (Wildman–Crippen MR) is 63.1 cm³/mol. The largest absolute Gasteiger partial charge is 0.312 e. The molecule has 0 aromatic rings. The summed E-state index contributed by atoms with van der Waals surface area (Å²) >= 11 is 1.97. The molecule has 0 spiro atoms. The molecule has 0 bridgehead atoms. The molecule has 0 saturated carbocycles. The third-order valence-corrected chi connectivity index (χ3v) is 2.94. The van der Waals surface area contributed by atoms with Gasteiger partial charge in [0.15, 0.2) is 0 Å². The van der Waals surface area contributed by atoms with Gasteiger partial charge in [0.1, 0.15) is 0 Å². The number of rotatable bonds is 7. The minimum atomic E-state index is 0.498. The standard InChI is InChI=1S/C11H21NS/c1-5-7-11(12-8-6-2)9-13-10(3)4/h1,10-12H,6-9H2,2-4H3. The molecule has 0 aliphatic carbocycles. The van der Waals surface area contributed by atoms with Gasteiger partial charge in [-0.1, -0.05) is 20.8 Å². The molecule has 1 atom stereocenters. The van der Waals surface area contributed by atoms with Crippen molar-refractivity contribution in [1.82, 2.24) is 5.32 Å². The first-order valence-corrected chi connectivity index (χ1v) is 6.04. The average Bonchev–Trinajstić information content (AvgIpc) is 2.09. The first-order chi connectivity index (χ1) is 6.20. The van der Waals surface area contributed by atoms with Crippen molar-refractivity contribution in [2.45, 2.75) is 44.9 Å².